The highest BCUT2D eigenvalue weighted by molar-refractivity contribution is 9.10. The van der Waals surface area contributed by atoms with Crippen LogP contribution in [0.4, 0.5) is 5.69 Å². The number of carbonyl (C=O) groups is 2. The number of halogens is 1. The maximum absolute atomic E-state index is 13.3. The van der Waals surface area contributed by atoms with E-state index in [4.69, 9.17) is 10.5 Å². The smallest absolute Gasteiger partial charge is 0.267 e. The number of primary amides is 1. The van der Waals surface area contributed by atoms with Crippen molar-refractivity contribution in [3.05, 3.63) is 81.2 Å². The number of nitrogens with one attached hydrogen (secondary N) is 1. The van der Waals surface area contributed by atoms with Gasteiger partial charge in [-0.3, -0.25) is 14.3 Å². The van der Waals surface area contributed by atoms with Crippen molar-refractivity contribution in [1.82, 2.24) is 14.8 Å². The van der Waals surface area contributed by atoms with Crippen molar-refractivity contribution in [3.63, 3.8) is 0 Å². The fourth-order valence-corrected chi connectivity index (χ4v) is 4.03. The highest BCUT2D eigenvalue weighted by Gasteiger charge is 2.19. The van der Waals surface area contributed by atoms with Crippen LogP contribution >= 0.6 is 15.9 Å². The Morgan fingerprint density at radius 2 is 1.94 bits per heavy atom. The second-order valence-corrected chi connectivity index (χ2v) is 8.51. The van der Waals surface area contributed by atoms with Gasteiger partial charge in [0.05, 0.1) is 41.8 Å². The second kappa shape index (κ2) is 9.03. The SMILES string of the molecule is COc1cccc(Cn2nc(C)c(NC(=O)c3cc(C(N)=O)nc4ccc(Br)cc34)c2C)c1. The molecule has 0 aliphatic heterocycles. The van der Waals surface area contributed by atoms with Gasteiger partial charge in [-0.05, 0) is 55.8 Å². The number of rotatable bonds is 6. The van der Waals surface area contributed by atoms with E-state index in [9.17, 15) is 9.59 Å². The van der Waals surface area contributed by atoms with E-state index in [0.29, 0.717) is 34.4 Å². The standard InChI is InChI=1S/C24H22BrN5O3/c1-13-22(14(2)30(29-13)12-15-5-4-6-17(9-15)33-3)28-24(32)19-11-21(23(26)31)27-20-8-7-16(25)10-18(19)20/h4-11H,12H2,1-3H3,(H2,26,31)(H,28,32). The molecule has 0 fully saturated rings. The lowest BCUT2D eigenvalue weighted by Gasteiger charge is -2.11. The van der Waals surface area contributed by atoms with Gasteiger partial charge < -0.3 is 15.8 Å². The molecule has 4 rings (SSSR count). The van der Waals surface area contributed by atoms with Crippen molar-refractivity contribution in [2.75, 3.05) is 12.4 Å². The van der Waals surface area contributed by atoms with E-state index in [2.05, 4.69) is 31.3 Å². The number of ether oxygens (including phenoxy) is 1. The molecule has 33 heavy (non-hydrogen) atoms. The van der Waals surface area contributed by atoms with Crippen molar-refractivity contribution in [2.24, 2.45) is 5.73 Å². The Kier molecular flexibility index (Phi) is 6.15. The highest BCUT2D eigenvalue weighted by atomic mass is 79.9. The fourth-order valence-electron chi connectivity index (χ4n) is 3.67. The number of hydrogen-bond acceptors (Lipinski definition) is 5. The van der Waals surface area contributed by atoms with E-state index in [0.717, 1.165) is 21.5 Å². The van der Waals surface area contributed by atoms with Gasteiger partial charge in [0.1, 0.15) is 11.4 Å². The summed E-state index contributed by atoms with van der Waals surface area (Å²) in [5, 5.41) is 8.16. The predicted octanol–water partition coefficient (Wildman–Crippen LogP) is 4.22. The van der Waals surface area contributed by atoms with Crippen molar-refractivity contribution in [3.8, 4) is 5.75 Å². The molecule has 2 heterocycles. The lowest BCUT2D eigenvalue weighted by molar-refractivity contribution is 0.0996. The van der Waals surface area contributed by atoms with Gasteiger partial charge in [-0.2, -0.15) is 5.10 Å². The van der Waals surface area contributed by atoms with E-state index in [-0.39, 0.29) is 11.6 Å². The molecule has 2 aromatic carbocycles. The summed E-state index contributed by atoms with van der Waals surface area (Å²) < 4.78 is 7.91. The first-order valence-corrected chi connectivity index (χ1v) is 10.9. The molecule has 9 heteroatoms. The van der Waals surface area contributed by atoms with Gasteiger partial charge in [0.2, 0.25) is 0 Å². The molecule has 4 aromatic rings. The second-order valence-electron chi connectivity index (χ2n) is 7.59. The first kappa shape index (κ1) is 22.5. The molecule has 0 aliphatic carbocycles. The minimum atomic E-state index is -0.702. The molecular weight excluding hydrogens is 486 g/mol. The summed E-state index contributed by atoms with van der Waals surface area (Å²) in [6.07, 6.45) is 0. The first-order chi connectivity index (χ1) is 15.8. The highest BCUT2D eigenvalue weighted by Crippen LogP contribution is 2.26. The molecular formula is C24H22BrN5O3. The molecule has 2 amide bonds. The summed E-state index contributed by atoms with van der Waals surface area (Å²) in [6.45, 7) is 4.25. The van der Waals surface area contributed by atoms with Crippen LogP contribution in [0.25, 0.3) is 10.9 Å². The Morgan fingerprint density at radius 3 is 2.67 bits per heavy atom. The Labute approximate surface area is 198 Å². The third kappa shape index (κ3) is 4.58. The summed E-state index contributed by atoms with van der Waals surface area (Å²) in [6, 6.07) is 14.5. The molecule has 3 N–H and O–H groups in total. The van der Waals surface area contributed by atoms with Crippen LogP contribution in [-0.4, -0.2) is 33.7 Å². The zero-order valence-corrected chi connectivity index (χ0v) is 19.9. The lowest BCUT2D eigenvalue weighted by Crippen LogP contribution is -2.18. The quantitative estimate of drug-likeness (QED) is 0.405. The zero-order valence-electron chi connectivity index (χ0n) is 18.3. The largest absolute Gasteiger partial charge is 0.497 e. The molecule has 0 unspecified atom stereocenters. The molecule has 0 atom stereocenters. The number of aromatic nitrogens is 3. The van der Waals surface area contributed by atoms with Crippen molar-refractivity contribution < 1.29 is 14.3 Å². The average molecular weight is 508 g/mol. The third-order valence-corrected chi connectivity index (χ3v) is 5.85. The lowest BCUT2D eigenvalue weighted by atomic mass is 10.1. The van der Waals surface area contributed by atoms with E-state index in [1.807, 2.05) is 42.8 Å². The van der Waals surface area contributed by atoms with Gasteiger partial charge in [-0.25, -0.2) is 4.98 Å². The number of carbonyl (C=O) groups excluding carboxylic acids is 2. The van der Waals surface area contributed by atoms with Crippen LogP contribution in [0.1, 0.15) is 37.8 Å². The Balaban J connectivity index is 1.69. The van der Waals surface area contributed by atoms with Gasteiger partial charge in [0, 0.05) is 9.86 Å². The van der Waals surface area contributed by atoms with E-state index in [1.165, 1.54) is 6.07 Å². The number of nitrogens with zero attached hydrogens (tertiary/aromatic N) is 3. The predicted molar refractivity (Wildman–Crippen MR) is 130 cm³/mol. The van der Waals surface area contributed by atoms with Crippen molar-refractivity contribution >= 4 is 44.3 Å². The molecule has 2 aromatic heterocycles. The summed E-state index contributed by atoms with van der Waals surface area (Å²) in [4.78, 5) is 29.3. The summed E-state index contributed by atoms with van der Waals surface area (Å²) in [7, 11) is 1.63. The number of hydrogen-bond donors (Lipinski definition) is 2. The van der Waals surface area contributed by atoms with Gasteiger partial charge in [0.25, 0.3) is 11.8 Å². The number of methoxy groups -OCH3 is 1. The Hall–Kier alpha value is -3.72. The van der Waals surface area contributed by atoms with Gasteiger partial charge in [-0.15, -0.1) is 0 Å². The van der Waals surface area contributed by atoms with Crippen LogP contribution < -0.4 is 15.8 Å². The topological polar surface area (TPSA) is 112 Å². The maximum atomic E-state index is 13.3. The number of amides is 2. The monoisotopic (exact) mass is 507 g/mol. The molecule has 8 nitrogen and oxygen atoms in total. The number of anilines is 1. The molecule has 0 aliphatic rings. The molecule has 0 radical (unpaired) electrons. The van der Waals surface area contributed by atoms with Crippen LogP contribution in [0.3, 0.4) is 0 Å². The van der Waals surface area contributed by atoms with Crippen LogP contribution in [0.15, 0.2) is 53.0 Å². The number of aryl methyl sites for hydroxylation is 1. The van der Waals surface area contributed by atoms with Crippen LogP contribution in [0, 0.1) is 13.8 Å². The van der Waals surface area contributed by atoms with Crippen LogP contribution in [0.5, 0.6) is 5.75 Å². The van der Waals surface area contributed by atoms with E-state index in [1.54, 1.807) is 25.3 Å². The van der Waals surface area contributed by atoms with E-state index < -0.39 is 5.91 Å². The van der Waals surface area contributed by atoms with Gasteiger partial charge in [-0.1, -0.05) is 28.1 Å². The molecule has 0 saturated heterocycles. The van der Waals surface area contributed by atoms with Gasteiger partial charge >= 0.3 is 0 Å². The normalized spacial score (nSPS) is 10.9. The number of fused-ring (bicyclic) bond motifs is 1. The van der Waals surface area contributed by atoms with Crippen molar-refractivity contribution in [2.45, 2.75) is 20.4 Å². The number of nitrogens with two attached hydrogens (primary N) is 1. The van der Waals surface area contributed by atoms with Crippen molar-refractivity contribution in [1.29, 1.82) is 0 Å². The number of benzene rings is 2. The fraction of sp³-hybridized carbons (Fsp3) is 0.167. The van der Waals surface area contributed by atoms with Gasteiger partial charge in [0.15, 0.2) is 0 Å². The summed E-state index contributed by atoms with van der Waals surface area (Å²) in [5.41, 5.74) is 9.38. The molecule has 0 spiro atoms. The summed E-state index contributed by atoms with van der Waals surface area (Å²) in [5.74, 6) is -0.314. The minimum Gasteiger partial charge on any atom is -0.497 e. The maximum Gasteiger partial charge on any atom is 0.267 e. The summed E-state index contributed by atoms with van der Waals surface area (Å²) >= 11 is 3.42. The minimum absolute atomic E-state index is 0.0251. The average Bonchev–Trinajstić information content (AvgIpc) is 3.05. The first-order valence-electron chi connectivity index (χ1n) is 10.1. The Morgan fingerprint density at radius 1 is 1.15 bits per heavy atom. The zero-order chi connectivity index (χ0) is 23.7. The molecule has 168 valence electrons. The molecule has 0 bridgehead atoms. The van der Waals surface area contributed by atoms with E-state index >= 15 is 0 Å². The Bertz CT molecular complexity index is 1400. The van der Waals surface area contributed by atoms with Crippen LogP contribution in [-0.2, 0) is 6.54 Å². The third-order valence-electron chi connectivity index (χ3n) is 5.35. The van der Waals surface area contributed by atoms with Crippen LogP contribution in [0.2, 0.25) is 0 Å². The molecule has 0 saturated carbocycles. The number of pyridine rings is 1.